The van der Waals surface area contributed by atoms with Gasteiger partial charge in [-0.15, -0.1) is 10.2 Å². The van der Waals surface area contributed by atoms with Gasteiger partial charge in [-0.3, -0.25) is 14.9 Å². The number of aromatic nitrogens is 2. The molecular formula is C23H26N6O3S. The highest BCUT2D eigenvalue weighted by molar-refractivity contribution is 7.15. The number of hydrogen-bond acceptors (Lipinski definition) is 8. The van der Waals surface area contributed by atoms with Gasteiger partial charge >= 0.3 is 0 Å². The highest BCUT2D eigenvalue weighted by Gasteiger charge is 2.12. The van der Waals surface area contributed by atoms with Crippen LogP contribution in [0.5, 0.6) is 5.75 Å². The van der Waals surface area contributed by atoms with Gasteiger partial charge in [-0.2, -0.15) is 5.10 Å². The second-order valence-electron chi connectivity index (χ2n) is 6.92. The zero-order valence-electron chi connectivity index (χ0n) is 18.7. The molecule has 0 aliphatic heterocycles. The average Bonchev–Trinajstić information content (AvgIpc) is 3.27. The van der Waals surface area contributed by atoms with Crippen LogP contribution in [0, 0.1) is 0 Å². The Kier molecular flexibility index (Phi) is 8.48. The second kappa shape index (κ2) is 11.7. The van der Waals surface area contributed by atoms with Gasteiger partial charge < -0.3 is 9.64 Å². The van der Waals surface area contributed by atoms with Gasteiger partial charge in [0.15, 0.2) is 0 Å². The van der Waals surface area contributed by atoms with Crippen molar-refractivity contribution < 1.29 is 14.3 Å². The molecule has 3 aromatic rings. The van der Waals surface area contributed by atoms with Crippen molar-refractivity contribution in [1.82, 2.24) is 15.6 Å². The van der Waals surface area contributed by atoms with Crippen molar-refractivity contribution in [3.63, 3.8) is 0 Å². The van der Waals surface area contributed by atoms with Gasteiger partial charge in [0.25, 0.3) is 5.91 Å². The molecule has 0 aliphatic rings. The minimum Gasteiger partial charge on any atom is -0.497 e. The second-order valence-corrected chi connectivity index (χ2v) is 7.98. The molecule has 2 N–H and O–H groups in total. The number of carbonyl (C=O) groups excluding carboxylic acids is 2. The molecule has 33 heavy (non-hydrogen) atoms. The number of anilines is 2. The number of methoxy groups -OCH3 is 1. The molecule has 0 bridgehead atoms. The maximum Gasteiger partial charge on any atom is 0.257 e. The Morgan fingerprint density at radius 3 is 2.39 bits per heavy atom. The molecule has 0 aliphatic carbocycles. The topological polar surface area (TPSA) is 109 Å². The van der Waals surface area contributed by atoms with Crippen molar-refractivity contribution in [3.8, 4) is 5.75 Å². The van der Waals surface area contributed by atoms with Gasteiger partial charge in [-0.05, 0) is 55.8 Å². The van der Waals surface area contributed by atoms with E-state index < -0.39 is 0 Å². The van der Waals surface area contributed by atoms with E-state index in [1.165, 1.54) is 0 Å². The smallest absolute Gasteiger partial charge is 0.257 e. The summed E-state index contributed by atoms with van der Waals surface area (Å²) in [5.74, 6) is 0.0201. The van der Waals surface area contributed by atoms with Gasteiger partial charge in [-0.1, -0.05) is 23.5 Å². The Labute approximate surface area is 196 Å². The summed E-state index contributed by atoms with van der Waals surface area (Å²) < 4.78 is 5.08. The molecule has 0 saturated heterocycles. The van der Waals surface area contributed by atoms with Crippen molar-refractivity contribution in [2.24, 2.45) is 5.10 Å². The van der Waals surface area contributed by atoms with Crippen LogP contribution < -0.4 is 20.4 Å². The number of rotatable bonds is 10. The molecule has 1 heterocycles. The van der Waals surface area contributed by atoms with Crippen molar-refractivity contribution in [2.45, 2.75) is 20.3 Å². The SMILES string of the molecule is CCN(CC)c1ccc(C=NNC(=O)Cc2nnc(NC(=O)c3ccc(OC)cc3)s2)cc1. The molecule has 2 amide bonds. The van der Waals surface area contributed by atoms with E-state index in [1.807, 2.05) is 24.3 Å². The van der Waals surface area contributed by atoms with Crippen LogP contribution in [0.2, 0.25) is 0 Å². The standard InChI is InChI=1S/C23H26N6O3S/c1-4-29(5-2)18-10-6-16(7-11-18)15-24-26-20(30)14-21-27-28-23(33-21)25-22(31)17-8-12-19(32-3)13-9-17/h6-13,15H,4-5,14H2,1-3H3,(H,26,30)(H,25,28,31). The lowest BCUT2D eigenvalue weighted by molar-refractivity contribution is -0.120. The molecule has 0 fully saturated rings. The summed E-state index contributed by atoms with van der Waals surface area (Å²) in [6, 6.07) is 14.7. The Balaban J connectivity index is 1.48. The number of carbonyl (C=O) groups is 2. The first-order chi connectivity index (χ1) is 16.0. The zero-order chi connectivity index (χ0) is 23.6. The van der Waals surface area contributed by atoms with Crippen LogP contribution in [0.4, 0.5) is 10.8 Å². The molecular weight excluding hydrogens is 440 g/mol. The summed E-state index contributed by atoms with van der Waals surface area (Å²) in [7, 11) is 1.56. The summed E-state index contributed by atoms with van der Waals surface area (Å²) >= 11 is 1.13. The third-order valence-corrected chi connectivity index (χ3v) is 5.61. The molecule has 0 atom stereocenters. The van der Waals surface area contributed by atoms with Crippen molar-refractivity contribution in [2.75, 3.05) is 30.4 Å². The van der Waals surface area contributed by atoms with Gasteiger partial charge in [0.2, 0.25) is 11.0 Å². The fourth-order valence-electron chi connectivity index (χ4n) is 3.00. The predicted octanol–water partition coefficient (Wildman–Crippen LogP) is 3.34. The van der Waals surface area contributed by atoms with E-state index in [4.69, 9.17) is 4.74 Å². The lowest BCUT2D eigenvalue weighted by atomic mass is 10.2. The molecule has 0 radical (unpaired) electrons. The van der Waals surface area contributed by atoms with Crippen LogP contribution in [-0.4, -0.2) is 48.4 Å². The number of hydrazone groups is 1. The quantitative estimate of drug-likeness (QED) is 0.350. The lowest BCUT2D eigenvalue weighted by Gasteiger charge is -2.20. The van der Waals surface area contributed by atoms with E-state index in [9.17, 15) is 9.59 Å². The van der Waals surface area contributed by atoms with E-state index in [2.05, 4.69) is 44.8 Å². The molecule has 1 aromatic heterocycles. The van der Waals surface area contributed by atoms with Gasteiger partial charge in [0.05, 0.1) is 19.7 Å². The molecule has 172 valence electrons. The van der Waals surface area contributed by atoms with Crippen LogP contribution in [0.15, 0.2) is 53.6 Å². The van der Waals surface area contributed by atoms with E-state index in [-0.39, 0.29) is 18.2 Å². The Hall–Kier alpha value is -3.79. The first-order valence-corrected chi connectivity index (χ1v) is 11.3. The van der Waals surface area contributed by atoms with Crippen LogP contribution in [0.1, 0.15) is 34.8 Å². The molecule has 9 nitrogen and oxygen atoms in total. The number of benzene rings is 2. The predicted molar refractivity (Wildman–Crippen MR) is 130 cm³/mol. The van der Waals surface area contributed by atoms with E-state index in [0.717, 1.165) is 35.7 Å². The minimum atomic E-state index is -0.324. The van der Waals surface area contributed by atoms with Crippen LogP contribution in [0.3, 0.4) is 0 Å². The monoisotopic (exact) mass is 466 g/mol. The molecule has 0 saturated carbocycles. The van der Waals surface area contributed by atoms with E-state index in [1.54, 1.807) is 37.6 Å². The van der Waals surface area contributed by atoms with Gasteiger partial charge in [0, 0.05) is 24.3 Å². The lowest BCUT2D eigenvalue weighted by Crippen LogP contribution is -2.21. The molecule has 2 aromatic carbocycles. The first kappa shape index (κ1) is 23.9. The largest absolute Gasteiger partial charge is 0.497 e. The number of ether oxygens (including phenoxy) is 1. The molecule has 0 unspecified atom stereocenters. The summed E-state index contributed by atoms with van der Waals surface area (Å²) in [4.78, 5) is 26.7. The van der Waals surface area contributed by atoms with Crippen molar-refractivity contribution >= 4 is 40.2 Å². The Morgan fingerprint density at radius 1 is 1.06 bits per heavy atom. The van der Waals surface area contributed by atoms with E-state index in [0.29, 0.717) is 21.5 Å². The highest BCUT2D eigenvalue weighted by Crippen LogP contribution is 2.18. The van der Waals surface area contributed by atoms with Gasteiger partial charge in [-0.25, -0.2) is 5.43 Å². The number of hydrogen-bond donors (Lipinski definition) is 2. The summed E-state index contributed by atoms with van der Waals surface area (Å²) in [5.41, 5.74) is 4.97. The average molecular weight is 467 g/mol. The van der Waals surface area contributed by atoms with Crippen molar-refractivity contribution in [3.05, 3.63) is 64.7 Å². The normalized spacial score (nSPS) is 10.8. The van der Waals surface area contributed by atoms with Gasteiger partial charge in [0.1, 0.15) is 10.8 Å². The minimum absolute atomic E-state index is 0.00824. The fourth-order valence-corrected chi connectivity index (χ4v) is 3.74. The Bertz CT molecular complexity index is 1090. The number of amides is 2. The Morgan fingerprint density at radius 2 is 1.76 bits per heavy atom. The zero-order valence-corrected chi connectivity index (χ0v) is 19.6. The molecule has 3 rings (SSSR count). The molecule has 10 heteroatoms. The van der Waals surface area contributed by atoms with E-state index >= 15 is 0 Å². The maximum absolute atomic E-state index is 12.3. The van der Waals surface area contributed by atoms with Crippen LogP contribution >= 0.6 is 11.3 Å². The number of nitrogens with one attached hydrogen (secondary N) is 2. The van der Waals surface area contributed by atoms with Crippen LogP contribution in [0.25, 0.3) is 0 Å². The first-order valence-electron chi connectivity index (χ1n) is 10.5. The highest BCUT2D eigenvalue weighted by atomic mass is 32.1. The third-order valence-electron chi connectivity index (χ3n) is 4.78. The van der Waals surface area contributed by atoms with Crippen LogP contribution in [-0.2, 0) is 11.2 Å². The summed E-state index contributed by atoms with van der Waals surface area (Å²) in [6.07, 6.45) is 1.60. The van der Waals surface area contributed by atoms with Crippen molar-refractivity contribution in [1.29, 1.82) is 0 Å². The maximum atomic E-state index is 12.3. The third kappa shape index (κ3) is 6.84. The number of nitrogens with zero attached hydrogens (tertiary/aromatic N) is 4. The summed E-state index contributed by atoms with van der Waals surface area (Å²) in [5, 5.41) is 15.3. The molecule has 0 spiro atoms. The summed E-state index contributed by atoms with van der Waals surface area (Å²) in [6.45, 7) is 6.12. The fraction of sp³-hybridized carbons (Fsp3) is 0.261.